The Morgan fingerprint density at radius 3 is 2.67 bits per heavy atom. The Kier molecular flexibility index (Phi) is 7.62. The Hall–Kier alpha value is -1.67. The number of alkyl carbamates (subject to hydrolysis) is 1. The highest BCUT2D eigenvalue weighted by Gasteiger charge is 2.17. The fraction of sp³-hybridized carbons (Fsp3) is 0.562. The Balaban J connectivity index is 2.51. The van der Waals surface area contributed by atoms with Gasteiger partial charge in [0.1, 0.15) is 11.3 Å². The van der Waals surface area contributed by atoms with Crippen molar-refractivity contribution in [2.24, 2.45) is 10.2 Å². The number of nitrogens with one attached hydrogen (secondary N) is 1. The number of carbonyl (C=O) groups excluding carboxylic acids is 1. The van der Waals surface area contributed by atoms with Gasteiger partial charge in [-0.25, -0.2) is 4.79 Å². The predicted octanol–water partition coefficient (Wildman–Crippen LogP) is 4.17. The van der Waals surface area contributed by atoms with Crippen molar-refractivity contribution >= 4 is 33.4 Å². The second-order valence-electron chi connectivity index (χ2n) is 6.37. The number of anilines is 1. The zero-order chi connectivity index (χ0) is 18.3. The van der Waals surface area contributed by atoms with Crippen LogP contribution in [0.3, 0.4) is 0 Å². The molecule has 1 atom stereocenters. The molecule has 134 valence electrons. The molecular formula is C16H25BrN4O3. The molecule has 7 nitrogen and oxygen atoms in total. The highest BCUT2D eigenvalue weighted by molar-refractivity contribution is 9.10. The molecule has 0 aliphatic carbocycles. The number of amides is 1. The standard InChI is InChI=1S/C16H25BrN4O3/c1-10(20-15(22)24-16(2,3)4)8-23-9-11-6-12(17)14(18)13(7-11)21-19-5/h6-7,10H,8-9,18H2,1-5H3,(H,20,22)/t10-/m1/s1. The van der Waals surface area contributed by atoms with Gasteiger partial charge in [0.25, 0.3) is 0 Å². The first-order valence-corrected chi connectivity index (χ1v) is 8.36. The van der Waals surface area contributed by atoms with E-state index in [9.17, 15) is 4.79 Å². The molecule has 0 saturated heterocycles. The number of hydrogen-bond donors (Lipinski definition) is 2. The number of carbonyl (C=O) groups is 1. The number of ether oxygens (including phenoxy) is 2. The molecule has 0 radical (unpaired) electrons. The number of azo groups is 1. The van der Waals surface area contributed by atoms with E-state index in [1.165, 1.54) is 0 Å². The van der Waals surface area contributed by atoms with Crippen LogP contribution in [0.5, 0.6) is 0 Å². The van der Waals surface area contributed by atoms with Gasteiger partial charge in [0, 0.05) is 11.5 Å². The Bertz CT molecular complexity index is 600. The van der Waals surface area contributed by atoms with Gasteiger partial charge in [0.05, 0.1) is 24.9 Å². The lowest BCUT2D eigenvalue weighted by atomic mass is 10.2. The molecule has 0 saturated carbocycles. The van der Waals surface area contributed by atoms with E-state index < -0.39 is 11.7 Å². The van der Waals surface area contributed by atoms with Crippen molar-refractivity contribution in [3.8, 4) is 0 Å². The average molecular weight is 401 g/mol. The van der Waals surface area contributed by atoms with E-state index in [0.29, 0.717) is 24.6 Å². The average Bonchev–Trinajstić information content (AvgIpc) is 2.42. The third-order valence-corrected chi connectivity index (χ3v) is 3.43. The summed E-state index contributed by atoms with van der Waals surface area (Å²) in [5, 5.41) is 10.5. The van der Waals surface area contributed by atoms with Crippen molar-refractivity contribution in [2.45, 2.75) is 45.9 Å². The zero-order valence-corrected chi connectivity index (χ0v) is 16.3. The molecule has 0 unspecified atom stereocenters. The number of benzene rings is 1. The van der Waals surface area contributed by atoms with E-state index in [4.69, 9.17) is 15.2 Å². The molecule has 1 aromatic rings. The highest BCUT2D eigenvalue weighted by atomic mass is 79.9. The topological polar surface area (TPSA) is 98.3 Å². The van der Waals surface area contributed by atoms with Gasteiger partial charge in [-0.2, -0.15) is 10.2 Å². The maximum atomic E-state index is 11.7. The molecule has 0 aliphatic rings. The monoisotopic (exact) mass is 400 g/mol. The van der Waals surface area contributed by atoms with E-state index in [2.05, 4.69) is 31.5 Å². The SMILES string of the molecule is CN=Nc1cc(COC[C@@H](C)NC(=O)OC(C)(C)C)cc(Br)c1N. The van der Waals surface area contributed by atoms with Crippen LogP contribution in [0.15, 0.2) is 26.8 Å². The summed E-state index contributed by atoms with van der Waals surface area (Å²) in [5.74, 6) is 0. The summed E-state index contributed by atoms with van der Waals surface area (Å²) in [6.45, 7) is 8.02. The fourth-order valence-electron chi connectivity index (χ4n) is 1.84. The molecule has 0 fully saturated rings. The first-order chi connectivity index (χ1) is 11.1. The summed E-state index contributed by atoms with van der Waals surface area (Å²) in [6.07, 6.45) is -0.459. The highest BCUT2D eigenvalue weighted by Crippen LogP contribution is 2.32. The maximum absolute atomic E-state index is 11.7. The summed E-state index contributed by atoms with van der Waals surface area (Å²) in [5.41, 5.74) is 7.42. The van der Waals surface area contributed by atoms with Crippen LogP contribution < -0.4 is 11.1 Å². The van der Waals surface area contributed by atoms with E-state index in [0.717, 1.165) is 10.0 Å². The van der Waals surface area contributed by atoms with Crippen LogP contribution >= 0.6 is 15.9 Å². The smallest absolute Gasteiger partial charge is 0.407 e. The van der Waals surface area contributed by atoms with Crippen molar-refractivity contribution in [3.63, 3.8) is 0 Å². The van der Waals surface area contributed by atoms with E-state index >= 15 is 0 Å². The molecule has 0 heterocycles. The third-order valence-electron chi connectivity index (χ3n) is 2.77. The number of rotatable bonds is 6. The minimum atomic E-state index is -0.523. The van der Waals surface area contributed by atoms with Crippen molar-refractivity contribution < 1.29 is 14.3 Å². The second kappa shape index (κ2) is 8.98. The van der Waals surface area contributed by atoms with E-state index in [1.54, 1.807) is 7.05 Å². The van der Waals surface area contributed by atoms with Gasteiger partial charge in [-0.05, 0) is 61.3 Å². The normalized spacial score (nSPS) is 13.1. The molecule has 0 aliphatic heterocycles. The zero-order valence-electron chi connectivity index (χ0n) is 14.7. The first-order valence-electron chi connectivity index (χ1n) is 7.57. The van der Waals surface area contributed by atoms with Gasteiger partial charge >= 0.3 is 6.09 Å². The summed E-state index contributed by atoms with van der Waals surface area (Å²) < 4.78 is 11.6. The molecule has 0 bridgehead atoms. The number of hydrogen-bond acceptors (Lipinski definition) is 6. The summed E-state index contributed by atoms with van der Waals surface area (Å²) >= 11 is 3.39. The van der Waals surface area contributed by atoms with E-state index in [-0.39, 0.29) is 6.04 Å². The lowest BCUT2D eigenvalue weighted by Gasteiger charge is -2.22. The van der Waals surface area contributed by atoms with Crippen LogP contribution in [0, 0.1) is 0 Å². The van der Waals surface area contributed by atoms with Crippen molar-refractivity contribution in [1.82, 2.24) is 5.32 Å². The largest absolute Gasteiger partial charge is 0.444 e. The minimum absolute atomic E-state index is 0.174. The van der Waals surface area contributed by atoms with E-state index in [1.807, 2.05) is 39.8 Å². The molecule has 0 aromatic heterocycles. The van der Waals surface area contributed by atoms with Gasteiger partial charge in [-0.15, -0.1) is 0 Å². The molecule has 1 amide bonds. The molecule has 1 rings (SSSR count). The fourth-order valence-corrected chi connectivity index (χ4v) is 2.33. The van der Waals surface area contributed by atoms with Gasteiger partial charge in [-0.1, -0.05) is 0 Å². The second-order valence-corrected chi connectivity index (χ2v) is 7.23. The lowest BCUT2D eigenvalue weighted by Crippen LogP contribution is -2.39. The van der Waals surface area contributed by atoms with Crippen LogP contribution in [0.4, 0.5) is 16.2 Å². The molecule has 8 heteroatoms. The van der Waals surface area contributed by atoms with Crippen LogP contribution in [0.1, 0.15) is 33.3 Å². The molecule has 24 heavy (non-hydrogen) atoms. The summed E-state index contributed by atoms with van der Waals surface area (Å²) in [7, 11) is 1.58. The van der Waals surface area contributed by atoms with Crippen LogP contribution in [-0.2, 0) is 16.1 Å². The van der Waals surface area contributed by atoms with Gasteiger partial charge in [0.15, 0.2) is 0 Å². The quantitative estimate of drug-likeness (QED) is 0.552. The number of nitrogens with zero attached hydrogens (tertiary/aromatic N) is 2. The number of nitrogen functional groups attached to an aromatic ring is 1. The Labute approximate surface area is 151 Å². The summed E-state index contributed by atoms with van der Waals surface area (Å²) in [4.78, 5) is 11.7. The minimum Gasteiger partial charge on any atom is -0.444 e. The molecule has 0 spiro atoms. The predicted molar refractivity (Wildman–Crippen MR) is 97.5 cm³/mol. The first kappa shape index (κ1) is 20.4. The maximum Gasteiger partial charge on any atom is 0.407 e. The van der Waals surface area contributed by atoms with Crippen molar-refractivity contribution in [3.05, 3.63) is 22.2 Å². The number of nitrogens with two attached hydrogens (primary N) is 1. The number of halogens is 1. The van der Waals surface area contributed by atoms with Crippen LogP contribution in [-0.4, -0.2) is 31.4 Å². The third kappa shape index (κ3) is 7.27. The van der Waals surface area contributed by atoms with Crippen molar-refractivity contribution in [2.75, 3.05) is 19.4 Å². The Morgan fingerprint density at radius 2 is 2.08 bits per heavy atom. The van der Waals surface area contributed by atoms with Gasteiger partial charge < -0.3 is 20.5 Å². The van der Waals surface area contributed by atoms with Crippen molar-refractivity contribution in [1.29, 1.82) is 0 Å². The van der Waals surface area contributed by atoms with Crippen LogP contribution in [0.25, 0.3) is 0 Å². The lowest BCUT2D eigenvalue weighted by molar-refractivity contribution is 0.0442. The van der Waals surface area contributed by atoms with Gasteiger partial charge in [0.2, 0.25) is 0 Å². The summed E-state index contributed by atoms with van der Waals surface area (Å²) in [6, 6.07) is 3.52. The molecule has 3 N–H and O–H groups in total. The molecular weight excluding hydrogens is 376 g/mol. The van der Waals surface area contributed by atoms with Gasteiger partial charge in [-0.3, -0.25) is 0 Å². The van der Waals surface area contributed by atoms with Crippen LogP contribution in [0.2, 0.25) is 0 Å². The Morgan fingerprint density at radius 1 is 1.42 bits per heavy atom. The molecule has 1 aromatic carbocycles.